The number of nitrogens with one attached hydrogen (secondary N) is 1. The number of aromatic nitrogens is 2. The largest absolute Gasteiger partial charge is 0.481 e. The Hall–Kier alpha value is -2.30. The summed E-state index contributed by atoms with van der Waals surface area (Å²) in [6.07, 6.45) is 2.31. The number of rotatable bonds is 4. The third-order valence-corrected chi connectivity index (χ3v) is 2.46. The number of hydrogen-bond donors (Lipinski definition) is 3. The number of carbonyl (C=O) groups is 1. The molecule has 0 aliphatic heterocycles. The molecule has 1 heterocycles. The summed E-state index contributed by atoms with van der Waals surface area (Å²) >= 11 is 0. The fraction of sp³-hybridized carbons (Fsp3) is 0.167. The van der Waals surface area contributed by atoms with Gasteiger partial charge in [-0.15, -0.1) is 0 Å². The number of nitrogens with zero attached hydrogens (tertiary/aromatic N) is 1. The molecule has 1 aromatic heterocycles. The highest BCUT2D eigenvalue weighted by molar-refractivity contribution is 5.67. The number of H-pyrrole nitrogens is 1. The minimum Gasteiger partial charge on any atom is -0.481 e. The van der Waals surface area contributed by atoms with Crippen molar-refractivity contribution in [2.45, 2.75) is 12.8 Å². The van der Waals surface area contributed by atoms with E-state index in [0.717, 1.165) is 16.8 Å². The molecule has 88 valence electrons. The summed E-state index contributed by atoms with van der Waals surface area (Å²) < 4.78 is 0. The van der Waals surface area contributed by atoms with Crippen molar-refractivity contribution in [1.82, 2.24) is 9.97 Å². The minimum absolute atomic E-state index is 0.134. The van der Waals surface area contributed by atoms with Crippen LogP contribution in [0.1, 0.15) is 12.0 Å². The lowest BCUT2D eigenvalue weighted by molar-refractivity contribution is -0.136. The molecule has 0 radical (unpaired) electrons. The summed E-state index contributed by atoms with van der Waals surface area (Å²) in [7, 11) is 0. The highest BCUT2D eigenvalue weighted by Crippen LogP contribution is 2.19. The van der Waals surface area contributed by atoms with Crippen molar-refractivity contribution < 1.29 is 9.90 Å². The third-order valence-electron chi connectivity index (χ3n) is 2.46. The highest BCUT2D eigenvalue weighted by Gasteiger charge is 2.03. The Kier molecular flexibility index (Phi) is 3.09. The van der Waals surface area contributed by atoms with Crippen LogP contribution in [0.4, 0.5) is 5.95 Å². The van der Waals surface area contributed by atoms with E-state index in [1.807, 2.05) is 24.3 Å². The van der Waals surface area contributed by atoms with Gasteiger partial charge in [0.25, 0.3) is 0 Å². The zero-order chi connectivity index (χ0) is 12.3. The summed E-state index contributed by atoms with van der Waals surface area (Å²) in [4.78, 5) is 17.4. The smallest absolute Gasteiger partial charge is 0.303 e. The number of carboxylic acid groups (broad SMARTS) is 1. The molecule has 4 N–H and O–H groups in total. The Bertz CT molecular complexity index is 534. The van der Waals surface area contributed by atoms with Gasteiger partial charge in [-0.25, -0.2) is 4.98 Å². The Balaban J connectivity index is 2.19. The van der Waals surface area contributed by atoms with Gasteiger partial charge in [0.2, 0.25) is 0 Å². The Morgan fingerprint density at radius 2 is 2.29 bits per heavy atom. The summed E-state index contributed by atoms with van der Waals surface area (Å²) in [5.41, 5.74) is 8.28. The zero-order valence-electron chi connectivity index (χ0n) is 9.18. The Morgan fingerprint density at radius 1 is 1.47 bits per heavy atom. The molecule has 5 heteroatoms. The van der Waals surface area contributed by atoms with Gasteiger partial charge in [-0.2, -0.15) is 0 Å². The maximum absolute atomic E-state index is 10.5. The monoisotopic (exact) mass is 231 g/mol. The van der Waals surface area contributed by atoms with E-state index in [1.165, 1.54) is 0 Å². The van der Waals surface area contributed by atoms with Crippen LogP contribution >= 0.6 is 0 Å². The van der Waals surface area contributed by atoms with Gasteiger partial charge in [0.15, 0.2) is 5.95 Å². The molecular formula is C12H13N3O2. The molecule has 0 atom stereocenters. The van der Waals surface area contributed by atoms with Crippen molar-refractivity contribution in [3.63, 3.8) is 0 Å². The van der Waals surface area contributed by atoms with Crippen molar-refractivity contribution in [3.05, 3.63) is 36.0 Å². The van der Waals surface area contributed by atoms with Crippen molar-refractivity contribution in [1.29, 1.82) is 0 Å². The molecule has 2 aromatic rings. The molecule has 5 nitrogen and oxygen atoms in total. The highest BCUT2D eigenvalue weighted by atomic mass is 16.4. The van der Waals surface area contributed by atoms with Crippen molar-refractivity contribution in [2.24, 2.45) is 0 Å². The lowest BCUT2D eigenvalue weighted by Crippen LogP contribution is -1.97. The maximum atomic E-state index is 10.5. The molecular weight excluding hydrogens is 218 g/mol. The van der Waals surface area contributed by atoms with E-state index in [1.54, 1.807) is 6.20 Å². The summed E-state index contributed by atoms with van der Waals surface area (Å²) in [6, 6.07) is 7.67. The van der Waals surface area contributed by atoms with E-state index < -0.39 is 5.97 Å². The first-order chi connectivity index (χ1) is 8.15. The molecule has 0 aliphatic carbocycles. The van der Waals surface area contributed by atoms with Gasteiger partial charge < -0.3 is 15.8 Å². The van der Waals surface area contributed by atoms with Gasteiger partial charge in [0.05, 0.1) is 11.9 Å². The first-order valence-electron chi connectivity index (χ1n) is 5.27. The summed E-state index contributed by atoms with van der Waals surface area (Å²) in [5.74, 6) is -0.419. The number of aryl methyl sites for hydroxylation is 1. The topological polar surface area (TPSA) is 92.0 Å². The number of anilines is 1. The molecule has 0 fully saturated rings. The molecule has 1 aromatic carbocycles. The van der Waals surface area contributed by atoms with Crippen LogP contribution in [0.2, 0.25) is 0 Å². The second-order valence-electron chi connectivity index (χ2n) is 3.78. The van der Waals surface area contributed by atoms with Gasteiger partial charge in [0, 0.05) is 6.42 Å². The van der Waals surface area contributed by atoms with Crippen molar-refractivity contribution >= 4 is 11.9 Å². The van der Waals surface area contributed by atoms with Crippen molar-refractivity contribution in [3.8, 4) is 11.3 Å². The number of nitrogens with two attached hydrogens (primary N) is 1. The third kappa shape index (κ3) is 2.84. The van der Waals surface area contributed by atoms with Crippen LogP contribution in [0.15, 0.2) is 30.5 Å². The van der Waals surface area contributed by atoms with Crippen LogP contribution in [0, 0.1) is 0 Å². The maximum Gasteiger partial charge on any atom is 0.303 e. The van der Waals surface area contributed by atoms with Gasteiger partial charge in [-0.1, -0.05) is 18.2 Å². The fourth-order valence-corrected chi connectivity index (χ4v) is 1.63. The number of imidazole rings is 1. The second kappa shape index (κ2) is 4.69. The molecule has 0 spiro atoms. The number of aromatic amines is 1. The molecule has 0 unspecified atom stereocenters. The quantitative estimate of drug-likeness (QED) is 0.746. The van der Waals surface area contributed by atoms with Crippen LogP contribution in [0.3, 0.4) is 0 Å². The predicted octanol–water partition coefficient (Wildman–Crippen LogP) is 1.68. The van der Waals surface area contributed by atoms with E-state index in [4.69, 9.17) is 10.8 Å². The van der Waals surface area contributed by atoms with Crippen LogP contribution in [-0.4, -0.2) is 21.0 Å². The van der Waals surface area contributed by atoms with E-state index in [2.05, 4.69) is 9.97 Å². The zero-order valence-corrected chi connectivity index (χ0v) is 9.18. The van der Waals surface area contributed by atoms with Crippen molar-refractivity contribution in [2.75, 3.05) is 5.73 Å². The van der Waals surface area contributed by atoms with Crippen LogP contribution < -0.4 is 5.73 Å². The number of aliphatic carboxylic acids is 1. The molecule has 0 bridgehead atoms. The summed E-state index contributed by atoms with van der Waals surface area (Å²) in [5, 5.41) is 8.63. The molecule has 0 saturated carbocycles. The van der Waals surface area contributed by atoms with Gasteiger partial charge in [-0.3, -0.25) is 4.79 Å². The average Bonchev–Trinajstić information content (AvgIpc) is 2.74. The van der Waals surface area contributed by atoms with Gasteiger partial charge in [0.1, 0.15) is 0 Å². The van der Waals surface area contributed by atoms with Crippen LogP contribution in [0.25, 0.3) is 11.3 Å². The normalized spacial score (nSPS) is 10.4. The predicted molar refractivity (Wildman–Crippen MR) is 64.4 cm³/mol. The first kappa shape index (κ1) is 11.2. The number of nitrogen functional groups attached to an aromatic ring is 1. The number of hydrogen-bond acceptors (Lipinski definition) is 3. The molecule has 0 saturated heterocycles. The molecule has 0 aliphatic rings. The van der Waals surface area contributed by atoms with Gasteiger partial charge >= 0.3 is 5.97 Å². The second-order valence-corrected chi connectivity index (χ2v) is 3.78. The first-order valence-corrected chi connectivity index (χ1v) is 5.27. The number of carboxylic acids is 1. The SMILES string of the molecule is Nc1ncc(-c2cccc(CCC(=O)O)c2)[nH]1. The van der Waals surface area contributed by atoms with Gasteiger partial charge in [-0.05, 0) is 23.6 Å². The standard InChI is InChI=1S/C12H13N3O2/c13-12-14-7-10(15-12)9-3-1-2-8(6-9)4-5-11(16)17/h1-3,6-7H,4-5H2,(H,16,17)(H3,13,14,15). The van der Waals surface area contributed by atoms with E-state index in [0.29, 0.717) is 12.4 Å². The van der Waals surface area contributed by atoms with Crippen LogP contribution in [0.5, 0.6) is 0 Å². The lowest BCUT2D eigenvalue weighted by atomic mass is 10.1. The Labute approximate surface area is 98.3 Å². The number of benzene rings is 1. The summed E-state index contributed by atoms with van der Waals surface area (Å²) in [6.45, 7) is 0. The van der Waals surface area contributed by atoms with E-state index >= 15 is 0 Å². The average molecular weight is 231 g/mol. The van der Waals surface area contributed by atoms with E-state index in [9.17, 15) is 4.79 Å². The fourth-order valence-electron chi connectivity index (χ4n) is 1.63. The molecule has 2 rings (SSSR count). The minimum atomic E-state index is -0.791. The van der Waals surface area contributed by atoms with E-state index in [-0.39, 0.29) is 6.42 Å². The lowest BCUT2D eigenvalue weighted by Gasteiger charge is -2.02. The molecule has 17 heavy (non-hydrogen) atoms. The van der Waals surface area contributed by atoms with Crippen LogP contribution in [-0.2, 0) is 11.2 Å². The molecule has 0 amide bonds. The Morgan fingerprint density at radius 3 is 2.94 bits per heavy atom.